The van der Waals surface area contributed by atoms with Crippen LogP contribution in [0.1, 0.15) is 23.6 Å². The molecule has 0 fully saturated rings. The van der Waals surface area contributed by atoms with Crippen LogP contribution in [-0.4, -0.2) is 19.1 Å². The molecule has 0 aliphatic carbocycles. The molecule has 0 amide bonds. The number of methoxy groups -OCH3 is 1. The van der Waals surface area contributed by atoms with Crippen molar-refractivity contribution in [2.45, 2.75) is 18.9 Å². The average Bonchev–Trinajstić information content (AvgIpc) is 2.49. The molecule has 19 heavy (non-hydrogen) atoms. The van der Waals surface area contributed by atoms with Gasteiger partial charge in [-0.1, -0.05) is 30.3 Å². The van der Waals surface area contributed by atoms with Gasteiger partial charge in [0.05, 0.1) is 13.3 Å². The topological polar surface area (TPSA) is 34.2 Å². The molecule has 0 radical (unpaired) electrons. The molecule has 0 spiro atoms. The highest BCUT2D eigenvalue weighted by Crippen LogP contribution is 2.19. The van der Waals surface area contributed by atoms with Crippen LogP contribution in [0.2, 0.25) is 0 Å². The van der Waals surface area contributed by atoms with Gasteiger partial charge in [-0.05, 0) is 37.1 Å². The SMILES string of the molecule is CNC(CCc1cncc(OC)c1)c1ccccc1. The highest BCUT2D eigenvalue weighted by molar-refractivity contribution is 5.24. The summed E-state index contributed by atoms with van der Waals surface area (Å²) in [5.74, 6) is 0.818. The molecule has 2 rings (SSSR count). The molecule has 1 aromatic carbocycles. The summed E-state index contributed by atoms with van der Waals surface area (Å²) in [4.78, 5) is 4.19. The van der Waals surface area contributed by atoms with Gasteiger partial charge in [-0.25, -0.2) is 0 Å². The van der Waals surface area contributed by atoms with Crippen molar-refractivity contribution in [3.8, 4) is 5.75 Å². The first kappa shape index (κ1) is 13.6. The Kier molecular flexibility index (Phi) is 4.93. The third-order valence-electron chi connectivity index (χ3n) is 3.28. The summed E-state index contributed by atoms with van der Waals surface area (Å²) in [5.41, 5.74) is 2.52. The number of rotatable bonds is 6. The Morgan fingerprint density at radius 3 is 2.68 bits per heavy atom. The van der Waals surface area contributed by atoms with E-state index in [-0.39, 0.29) is 0 Å². The summed E-state index contributed by atoms with van der Waals surface area (Å²) in [5, 5.41) is 3.37. The van der Waals surface area contributed by atoms with Crippen LogP contribution in [0.5, 0.6) is 5.75 Å². The van der Waals surface area contributed by atoms with E-state index in [9.17, 15) is 0 Å². The molecule has 1 aromatic heterocycles. The van der Waals surface area contributed by atoms with Crippen LogP contribution in [0.3, 0.4) is 0 Å². The number of aromatic nitrogens is 1. The van der Waals surface area contributed by atoms with Crippen molar-refractivity contribution in [1.29, 1.82) is 0 Å². The molecule has 1 heterocycles. The fourth-order valence-corrected chi connectivity index (χ4v) is 2.19. The van der Waals surface area contributed by atoms with Gasteiger partial charge >= 0.3 is 0 Å². The molecule has 1 unspecified atom stereocenters. The second kappa shape index (κ2) is 6.90. The van der Waals surface area contributed by atoms with E-state index in [2.05, 4.69) is 34.6 Å². The summed E-state index contributed by atoms with van der Waals surface area (Å²) in [6, 6.07) is 12.9. The molecule has 3 heteroatoms. The zero-order chi connectivity index (χ0) is 13.5. The van der Waals surface area contributed by atoms with Crippen LogP contribution in [-0.2, 0) is 6.42 Å². The van der Waals surface area contributed by atoms with Gasteiger partial charge in [0, 0.05) is 12.2 Å². The number of hydrogen-bond donors (Lipinski definition) is 1. The zero-order valence-electron chi connectivity index (χ0n) is 11.5. The lowest BCUT2D eigenvalue weighted by molar-refractivity contribution is 0.412. The van der Waals surface area contributed by atoms with E-state index >= 15 is 0 Å². The van der Waals surface area contributed by atoms with Gasteiger partial charge in [0.25, 0.3) is 0 Å². The van der Waals surface area contributed by atoms with Crippen LogP contribution in [0.4, 0.5) is 0 Å². The molecular formula is C16H20N2O. The fourth-order valence-electron chi connectivity index (χ4n) is 2.19. The lowest BCUT2D eigenvalue weighted by atomic mass is 10.00. The summed E-state index contributed by atoms with van der Waals surface area (Å²) >= 11 is 0. The number of hydrogen-bond acceptors (Lipinski definition) is 3. The highest BCUT2D eigenvalue weighted by atomic mass is 16.5. The third kappa shape index (κ3) is 3.80. The van der Waals surface area contributed by atoms with Gasteiger partial charge in [-0.3, -0.25) is 4.98 Å². The molecule has 3 nitrogen and oxygen atoms in total. The van der Waals surface area contributed by atoms with Gasteiger partial charge in [0.2, 0.25) is 0 Å². The summed E-state index contributed by atoms with van der Waals surface area (Å²) < 4.78 is 5.19. The smallest absolute Gasteiger partial charge is 0.137 e. The quantitative estimate of drug-likeness (QED) is 0.862. The maximum atomic E-state index is 5.19. The highest BCUT2D eigenvalue weighted by Gasteiger charge is 2.09. The van der Waals surface area contributed by atoms with Gasteiger partial charge < -0.3 is 10.1 Å². The first-order chi connectivity index (χ1) is 9.33. The van der Waals surface area contributed by atoms with Gasteiger partial charge in [0.15, 0.2) is 0 Å². The van der Waals surface area contributed by atoms with E-state index < -0.39 is 0 Å². The number of pyridine rings is 1. The van der Waals surface area contributed by atoms with E-state index in [1.54, 1.807) is 13.3 Å². The van der Waals surface area contributed by atoms with E-state index in [0.29, 0.717) is 6.04 Å². The van der Waals surface area contributed by atoms with Crippen LogP contribution in [0.25, 0.3) is 0 Å². The summed E-state index contributed by atoms with van der Waals surface area (Å²) in [7, 11) is 3.67. The standard InChI is InChI=1S/C16H20N2O/c1-17-16(14-6-4-3-5-7-14)9-8-13-10-15(19-2)12-18-11-13/h3-7,10-12,16-17H,8-9H2,1-2H3. The first-order valence-corrected chi connectivity index (χ1v) is 6.53. The number of nitrogens with zero attached hydrogens (tertiary/aromatic N) is 1. The Morgan fingerprint density at radius 1 is 1.21 bits per heavy atom. The van der Waals surface area contributed by atoms with Crippen LogP contribution in [0, 0.1) is 0 Å². The van der Waals surface area contributed by atoms with Crippen LogP contribution in [0.15, 0.2) is 48.8 Å². The van der Waals surface area contributed by atoms with E-state index in [0.717, 1.165) is 18.6 Å². The molecule has 0 bridgehead atoms. The zero-order valence-corrected chi connectivity index (χ0v) is 11.5. The van der Waals surface area contributed by atoms with E-state index in [1.165, 1.54) is 11.1 Å². The summed E-state index contributed by atoms with van der Waals surface area (Å²) in [6.07, 6.45) is 5.65. The normalized spacial score (nSPS) is 12.1. The van der Waals surface area contributed by atoms with Crippen molar-refractivity contribution >= 4 is 0 Å². The Hall–Kier alpha value is -1.87. The minimum atomic E-state index is 0.368. The second-order valence-electron chi connectivity index (χ2n) is 4.52. The third-order valence-corrected chi connectivity index (χ3v) is 3.28. The number of nitrogens with one attached hydrogen (secondary N) is 1. The fraction of sp³-hybridized carbons (Fsp3) is 0.312. The van der Waals surface area contributed by atoms with Crippen molar-refractivity contribution in [3.63, 3.8) is 0 Å². The van der Waals surface area contributed by atoms with Gasteiger partial charge in [-0.2, -0.15) is 0 Å². The number of benzene rings is 1. The van der Waals surface area contributed by atoms with Crippen molar-refractivity contribution in [2.24, 2.45) is 0 Å². The van der Waals surface area contributed by atoms with E-state index in [1.807, 2.05) is 25.4 Å². The Morgan fingerprint density at radius 2 is 2.00 bits per heavy atom. The maximum Gasteiger partial charge on any atom is 0.137 e. The molecule has 0 aliphatic heterocycles. The second-order valence-corrected chi connectivity index (χ2v) is 4.52. The number of aryl methyl sites for hydroxylation is 1. The van der Waals surface area contributed by atoms with Gasteiger partial charge in [-0.15, -0.1) is 0 Å². The average molecular weight is 256 g/mol. The summed E-state index contributed by atoms with van der Waals surface area (Å²) in [6.45, 7) is 0. The monoisotopic (exact) mass is 256 g/mol. The minimum absolute atomic E-state index is 0.368. The lowest BCUT2D eigenvalue weighted by Gasteiger charge is -2.16. The predicted molar refractivity (Wildman–Crippen MR) is 77.4 cm³/mol. The Labute approximate surface area is 114 Å². The maximum absolute atomic E-state index is 5.19. The van der Waals surface area contributed by atoms with E-state index in [4.69, 9.17) is 4.74 Å². The van der Waals surface area contributed by atoms with Crippen LogP contribution < -0.4 is 10.1 Å². The van der Waals surface area contributed by atoms with Crippen molar-refractivity contribution in [1.82, 2.24) is 10.3 Å². The molecule has 0 aliphatic rings. The molecule has 0 saturated heterocycles. The van der Waals surface area contributed by atoms with Crippen molar-refractivity contribution in [3.05, 3.63) is 59.9 Å². The Balaban J connectivity index is 2.00. The Bertz CT molecular complexity index is 499. The predicted octanol–water partition coefficient (Wildman–Crippen LogP) is 2.98. The molecule has 1 atom stereocenters. The first-order valence-electron chi connectivity index (χ1n) is 6.53. The molecule has 100 valence electrons. The van der Waals surface area contributed by atoms with Crippen molar-refractivity contribution in [2.75, 3.05) is 14.2 Å². The molecular weight excluding hydrogens is 236 g/mol. The molecule has 2 aromatic rings. The number of ether oxygens (including phenoxy) is 1. The van der Waals surface area contributed by atoms with Crippen molar-refractivity contribution < 1.29 is 4.74 Å². The molecule has 0 saturated carbocycles. The van der Waals surface area contributed by atoms with Gasteiger partial charge in [0.1, 0.15) is 5.75 Å². The molecule has 1 N–H and O–H groups in total. The lowest BCUT2D eigenvalue weighted by Crippen LogP contribution is -2.17. The minimum Gasteiger partial charge on any atom is -0.495 e. The van der Waals surface area contributed by atoms with Crippen LogP contribution >= 0.6 is 0 Å². The largest absolute Gasteiger partial charge is 0.495 e.